The number of nitriles is 1. The molecule has 0 N–H and O–H groups in total. The van der Waals surface area contributed by atoms with Gasteiger partial charge in [-0.1, -0.05) is 18.2 Å². The third-order valence-electron chi connectivity index (χ3n) is 3.36. The molecule has 0 aliphatic rings. The Labute approximate surface area is 137 Å². The van der Waals surface area contributed by atoms with Crippen LogP contribution >= 0.6 is 0 Å². The third kappa shape index (κ3) is 5.88. The maximum Gasteiger partial charge on any atom is 0.282 e. The monoisotopic (exact) mass is 342 g/mol. The lowest BCUT2D eigenvalue weighted by Crippen LogP contribution is -2.44. The molecule has 0 heterocycles. The molecule has 0 bridgehead atoms. The molecule has 0 saturated heterocycles. The number of rotatable bonds is 9. The van der Waals surface area contributed by atoms with Gasteiger partial charge in [0.2, 0.25) is 0 Å². The minimum atomic E-state index is -3.76. The van der Waals surface area contributed by atoms with Gasteiger partial charge in [0.15, 0.2) is 0 Å². The topological polar surface area (TPSA) is 67.7 Å². The smallest absolute Gasteiger partial charge is 0.282 e. The van der Waals surface area contributed by atoms with Gasteiger partial charge < -0.3 is 4.90 Å². The van der Waals surface area contributed by atoms with Crippen LogP contribution in [0.5, 0.6) is 0 Å². The van der Waals surface area contributed by atoms with E-state index in [9.17, 15) is 12.8 Å². The molecule has 1 aromatic rings. The Balaban J connectivity index is 3.00. The second-order valence-electron chi connectivity index (χ2n) is 5.47. The summed E-state index contributed by atoms with van der Waals surface area (Å²) in [4.78, 5) is 1.86. The van der Waals surface area contributed by atoms with Crippen molar-refractivity contribution < 1.29 is 12.8 Å². The SMILES string of the molecule is CN(C)CCN(Cc1ccccc1F)S(=O)(=O)N(C)CCC#N. The molecule has 6 nitrogen and oxygen atoms in total. The first-order chi connectivity index (χ1) is 10.8. The second-order valence-corrected chi connectivity index (χ2v) is 7.50. The molecule has 0 spiro atoms. The zero-order valence-electron chi connectivity index (χ0n) is 13.7. The van der Waals surface area contributed by atoms with Crippen LogP contribution in [0.15, 0.2) is 24.3 Å². The number of hydrogen-bond acceptors (Lipinski definition) is 4. The van der Waals surface area contributed by atoms with E-state index >= 15 is 0 Å². The highest BCUT2D eigenvalue weighted by Gasteiger charge is 2.27. The summed E-state index contributed by atoms with van der Waals surface area (Å²) in [6, 6.07) is 8.05. The Hall–Kier alpha value is -1.53. The van der Waals surface area contributed by atoms with Gasteiger partial charge in [-0.3, -0.25) is 0 Å². The van der Waals surface area contributed by atoms with Crippen molar-refractivity contribution in [1.82, 2.24) is 13.5 Å². The van der Waals surface area contributed by atoms with Gasteiger partial charge >= 0.3 is 0 Å². The number of halogens is 1. The van der Waals surface area contributed by atoms with Crippen molar-refractivity contribution in [2.24, 2.45) is 0 Å². The summed E-state index contributed by atoms with van der Waals surface area (Å²) < 4.78 is 41.6. The predicted octanol–water partition coefficient (Wildman–Crippen LogP) is 1.28. The van der Waals surface area contributed by atoms with E-state index in [1.165, 1.54) is 17.4 Å². The van der Waals surface area contributed by atoms with E-state index in [-0.39, 0.29) is 26.1 Å². The van der Waals surface area contributed by atoms with Crippen LogP contribution in [0.2, 0.25) is 0 Å². The highest BCUT2D eigenvalue weighted by molar-refractivity contribution is 7.86. The molecule has 0 aliphatic heterocycles. The van der Waals surface area contributed by atoms with E-state index in [2.05, 4.69) is 0 Å². The maximum atomic E-state index is 13.9. The van der Waals surface area contributed by atoms with Crippen molar-refractivity contribution in [1.29, 1.82) is 5.26 Å². The molecule has 128 valence electrons. The van der Waals surface area contributed by atoms with Gasteiger partial charge in [0.05, 0.1) is 6.07 Å². The van der Waals surface area contributed by atoms with Crippen LogP contribution in [-0.2, 0) is 16.8 Å². The average Bonchev–Trinajstić information content (AvgIpc) is 2.50. The zero-order chi connectivity index (χ0) is 17.5. The quantitative estimate of drug-likeness (QED) is 0.678. The van der Waals surface area contributed by atoms with E-state index < -0.39 is 16.0 Å². The van der Waals surface area contributed by atoms with Gasteiger partial charge in [-0.2, -0.15) is 22.3 Å². The summed E-state index contributed by atoms with van der Waals surface area (Å²) in [6.45, 7) is 0.814. The lowest BCUT2D eigenvalue weighted by Gasteiger charge is -2.28. The molecule has 0 saturated carbocycles. The van der Waals surface area contributed by atoms with Crippen LogP contribution in [0.1, 0.15) is 12.0 Å². The molecular formula is C15H23FN4O2S. The zero-order valence-corrected chi connectivity index (χ0v) is 14.6. The minimum absolute atomic E-state index is 0.0419. The molecule has 0 aromatic heterocycles. The van der Waals surface area contributed by atoms with Crippen molar-refractivity contribution in [2.45, 2.75) is 13.0 Å². The van der Waals surface area contributed by atoms with Gasteiger partial charge in [0.1, 0.15) is 5.82 Å². The van der Waals surface area contributed by atoms with Crippen LogP contribution in [0.25, 0.3) is 0 Å². The normalized spacial score (nSPS) is 12.1. The molecular weight excluding hydrogens is 319 g/mol. The lowest BCUT2D eigenvalue weighted by molar-refractivity contribution is 0.307. The van der Waals surface area contributed by atoms with Gasteiger partial charge in [0.25, 0.3) is 10.2 Å². The fourth-order valence-electron chi connectivity index (χ4n) is 1.92. The molecule has 23 heavy (non-hydrogen) atoms. The first-order valence-electron chi connectivity index (χ1n) is 7.25. The van der Waals surface area contributed by atoms with E-state index in [4.69, 9.17) is 5.26 Å². The summed E-state index contributed by atoms with van der Waals surface area (Å²) in [5.74, 6) is -0.433. The molecule has 0 amide bonds. The third-order valence-corrected chi connectivity index (χ3v) is 5.29. The number of likely N-dealkylation sites (N-methyl/N-ethyl adjacent to an activating group) is 1. The Morgan fingerprint density at radius 3 is 2.35 bits per heavy atom. The molecule has 0 radical (unpaired) electrons. The molecule has 8 heteroatoms. The number of hydrogen-bond donors (Lipinski definition) is 0. The molecule has 0 aliphatic carbocycles. The van der Waals surface area contributed by atoms with Gasteiger partial charge in [0, 0.05) is 45.2 Å². The maximum absolute atomic E-state index is 13.9. The van der Waals surface area contributed by atoms with Crippen LogP contribution < -0.4 is 0 Å². The first kappa shape index (κ1) is 19.5. The van der Waals surface area contributed by atoms with E-state index in [1.807, 2.05) is 25.1 Å². The Morgan fingerprint density at radius 1 is 1.13 bits per heavy atom. The van der Waals surface area contributed by atoms with Gasteiger partial charge in [-0.15, -0.1) is 0 Å². The molecule has 1 aromatic carbocycles. The van der Waals surface area contributed by atoms with Crippen LogP contribution in [0, 0.1) is 17.1 Å². The van der Waals surface area contributed by atoms with Crippen molar-refractivity contribution in [3.8, 4) is 6.07 Å². The Kier molecular flexibility index (Phi) is 7.58. The highest BCUT2D eigenvalue weighted by Crippen LogP contribution is 2.15. The van der Waals surface area contributed by atoms with Crippen molar-refractivity contribution >= 4 is 10.2 Å². The number of nitrogens with zero attached hydrogens (tertiary/aromatic N) is 4. The van der Waals surface area contributed by atoms with Crippen LogP contribution in [-0.4, -0.2) is 62.7 Å². The standard InChI is InChI=1S/C15H23FN4O2S/c1-18(2)11-12-20(13-14-7-4-5-8-15(14)16)23(21,22)19(3)10-6-9-17/h4-5,7-8H,6,10-13H2,1-3H3. The first-order valence-corrected chi connectivity index (χ1v) is 8.65. The summed E-state index contributed by atoms with van der Waals surface area (Å²) >= 11 is 0. The summed E-state index contributed by atoms with van der Waals surface area (Å²) in [5.41, 5.74) is 0.323. The van der Waals surface area contributed by atoms with E-state index in [0.29, 0.717) is 12.1 Å². The van der Waals surface area contributed by atoms with Crippen LogP contribution in [0.4, 0.5) is 4.39 Å². The highest BCUT2D eigenvalue weighted by atomic mass is 32.2. The van der Waals surface area contributed by atoms with E-state index in [0.717, 1.165) is 4.31 Å². The van der Waals surface area contributed by atoms with Gasteiger partial charge in [-0.25, -0.2) is 4.39 Å². The number of benzene rings is 1. The summed E-state index contributed by atoms with van der Waals surface area (Å²) in [7, 11) is 1.35. The van der Waals surface area contributed by atoms with E-state index in [1.54, 1.807) is 18.2 Å². The largest absolute Gasteiger partial charge is 0.308 e. The predicted molar refractivity (Wildman–Crippen MR) is 87.1 cm³/mol. The van der Waals surface area contributed by atoms with Crippen LogP contribution in [0.3, 0.4) is 0 Å². The minimum Gasteiger partial charge on any atom is -0.308 e. The van der Waals surface area contributed by atoms with Gasteiger partial charge in [-0.05, 0) is 20.2 Å². The summed E-state index contributed by atoms with van der Waals surface area (Å²) in [6.07, 6.45) is 0.108. The second kappa shape index (κ2) is 8.93. The van der Waals surface area contributed by atoms with Crippen molar-refractivity contribution in [2.75, 3.05) is 40.8 Å². The molecule has 0 fully saturated rings. The fraction of sp³-hybridized carbons (Fsp3) is 0.533. The fourth-order valence-corrected chi connectivity index (χ4v) is 3.25. The van der Waals surface area contributed by atoms with Crippen molar-refractivity contribution in [3.63, 3.8) is 0 Å². The van der Waals surface area contributed by atoms with Crippen molar-refractivity contribution in [3.05, 3.63) is 35.6 Å². The molecule has 1 rings (SSSR count). The Morgan fingerprint density at radius 2 is 1.78 bits per heavy atom. The molecule has 0 atom stereocenters. The Bertz CT molecular complexity index is 643. The average molecular weight is 342 g/mol. The summed E-state index contributed by atoms with van der Waals surface area (Å²) in [5, 5.41) is 8.63. The lowest BCUT2D eigenvalue weighted by atomic mass is 10.2. The molecule has 0 unspecified atom stereocenters.